The Bertz CT molecular complexity index is 1040. The molecule has 2 aromatic carbocycles. The van der Waals surface area contributed by atoms with E-state index < -0.39 is 0 Å². The third-order valence-corrected chi connectivity index (χ3v) is 5.82. The van der Waals surface area contributed by atoms with Crippen molar-refractivity contribution in [3.63, 3.8) is 0 Å². The van der Waals surface area contributed by atoms with Gasteiger partial charge in [-0.05, 0) is 54.8 Å². The number of nitrogens with one attached hydrogen (secondary N) is 1. The average Bonchev–Trinajstić information content (AvgIpc) is 3.58. The number of nitrogens with zero attached hydrogens (tertiary/aromatic N) is 1. The molecule has 2 aliphatic heterocycles. The Labute approximate surface area is 181 Å². The molecule has 1 saturated carbocycles. The molecule has 7 nitrogen and oxygen atoms in total. The van der Waals surface area contributed by atoms with Gasteiger partial charge in [0.15, 0.2) is 23.0 Å². The molecule has 1 fully saturated rings. The maximum absolute atomic E-state index is 12.5. The van der Waals surface area contributed by atoms with Crippen LogP contribution in [-0.2, 0) is 0 Å². The zero-order valence-electron chi connectivity index (χ0n) is 17.8. The van der Waals surface area contributed by atoms with Crippen molar-refractivity contribution in [1.82, 2.24) is 5.43 Å². The SMILES string of the molecule is CC1(C)COc2ccc(/C=N\NC(=O)c3ccc4c(c3)OCC3(CC3)CO4)cc2OC1. The quantitative estimate of drug-likeness (QED) is 0.601. The van der Waals surface area contributed by atoms with E-state index in [9.17, 15) is 4.79 Å². The van der Waals surface area contributed by atoms with Crippen LogP contribution < -0.4 is 24.4 Å². The third-order valence-electron chi connectivity index (χ3n) is 5.82. The normalized spacial score (nSPS) is 20.1. The molecular weight excluding hydrogens is 396 g/mol. The highest BCUT2D eigenvalue weighted by molar-refractivity contribution is 5.95. The zero-order chi connectivity index (χ0) is 21.5. The number of hydrogen-bond acceptors (Lipinski definition) is 6. The highest BCUT2D eigenvalue weighted by atomic mass is 16.5. The lowest BCUT2D eigenvalue weighted by atomic mass is 9.97. The molecule has 0 unspecified atom stereocenters. The van der Waals surface area contributed by atoms with Gasteiger partial charge in [-0.1, -0.05) is 13.8 Å². The van der Waals surface area contributed by atoms with E-state index in [1.165, 1.54) is 0 Å². The summed E-state index contributed by atoms with van der Waals surface area (Å²) in [4.78, 5) is 12.5. The first-order valence-corrected chi connectivity index (χ1v) is 10.5. The maximum Gasteiger partial charge on any atom is 0.271 e. The Morgan fingerprint density at radius 3 is 2.23 bits per heavy atom. The lowest BCUT2D eigenvalue weighted by Gasteiger charge is -2.19. The highest BCUT2D eigenvalue weighted by Crippen LogP contribution is 2.49. The largest absolute Gasteiger partial charge is 0.489 e. The number of rotatable bonds is 3. The number of fused-ring (bicyclic) bond motifs is 2. The van der Waals surface area contributed by atoms with Crippen molar-refractivity contribution in [3.05, 3.63) is 47.5 Å². The highest BCUT2D eigenvalue weighted by Gasteiger charge is 2.46. The van der Waals surface area contributed by atoms with Gasteiger partial charge in [0.05, 0.1) is 32.6 Å². The Balaban J connectivity index is 1.23. The average molecular weight is 422 g/mol. The van der Waals surface area contributed by atoms with Crippen molar-refractivity contribution < 1.29 is 23.7 Å². The first-order chi connectivity index (χ1) is 14.9. The summed E-state index contributed by atoms with van der Waals surface area (Å²) in [5.41, 5.74) is 3.94. The van der Waals surface area contributed by atoms with Gasteiger partial charge >= 0.3 is 0 Å². The standard InChI is InChI=1S/C24H26N2O5/c1-23(2)12-28-18-5-3-16(9-20(18)29-13-23)11-25-26-22(27)17-4-6-19-21(10-17)31-15-24(7-8-24)14-30-19/h3-6,9-11H,7-8,12-15H2,1-2H3,(H,26,27)/b25-11-. The summed E-state index contributed by atoms with van der Waals surface area (Å²) in [6.45, 7) is 6.66. The van der Waals surface area contributed by atoms with Crippen LogP contribution >= 0.6 is 0 Å². The van der Waals surface area contributed by atoms with Gasteiger partial charge < -0.3 is 18.9 Å². The molecule has 162 valence electrons. The molecule has 1 amide bonds. The second-order valence-electron chi connectivity index (χ2n) is 9.39. The molecule has 0 saturated heterocycles. The van der Waals surface area contributed by atoms with E-state index in [1.807, 2.05) is 18.2 Å². The number of amides is 1. The topological polar surface area (TPSA) is 78.4 Å². The molecule has 31 heavy (non-hydrogen) atoms. The predicted molar refractivity (Wildman–Crippen MR) is 115 cm³/mol. The molecule has 0 aromatic heterocycles. The summed E-state index contributed by atoms with van der Waals surface area (Å²) in [7, 11) is 0. The lowest BCUT2D eigenvalue weighted by Crippen LogP contribution is -2.26. The minimum absolute atomic E-state index is 0.0524. The van der Waals surface area contributed by atoms with Crippen LogP contribution in [0.3, 0.4) is 0 Å². The maximum atomic E-state index is 12.5. The van der Waals surface area contributed by atoms with Crippen molar-refractivity contribution >= 4 is 12.1 Å². The number of benzene rings is 2. The van der Waals surface area contributed by atoms with Crippen molar-refractivity contribution in [2.45, 2.75) is 26.7 Å². The Kier molecular flexibility index (Phi) is 4.76. The second-order valence-corrected chi connectivity index (χ2v) is 9.39. The second kappa shape index (κ2) is 7.48. The summed E-state index contributed by atoms with van der Waals surface area (Å²) in [5.74, 6) is 2.36. The number of carbonyl (C=O) groups excluding carboxylic acids is 1. The fourth-order valence-corrected chi connectivity index (χ4v) is 3.51. The van der Waals surface area contributed by atoms with E-state index >= 15 is 0 Å². The van der Waals surface area contributed by atoms with Gasteiger partial charge in [-0.2, -0.15) is 5.10 Å². The van der Waals surface area contributed by atoms with E-state index in [0.717, 1.165) is 18.4 Å². The summed E-state index contributed by atoms with van der Waals surface area (Å²) in [5, 5.41) is 4.09. The molecule has 1 aliphatic carbocycles. The van der Waals surface area contributed by atoms with E-state index in [1.54, 1.807) is 24.4 Å². The van der Waals surface area contributed by atoms with Gasteiger partial charge in [0.25, 0.3) is 5.91 Å². The van der Waals surface area contributed by atoms with Crippen molar-refractivity contribution in [2.75, 3.05) is 26.4 Å². The van der Waals surface area contributed by atoms with E-state index in [0.29, 0.717) is 55.0 Å². The van der Waals surface area contributed by atoms with Gasteiger partial charge in [-0.15, -0.1) is 0 Å². The number of carbonyl (C=O) groups is 1. The van der Waals surface area contributed by atoms with Crippen LogP contribution in [-0.4, -0.2) is 38.5 Å². The van der Waals surface area contributed by atoms with Crippen molar-refractivity contribution in [3.8, 4) is 23.0 Å². The molecule has 3 aliphatic rings. The van der Waals surface area contributed by atoms with Crippen LogP contribution in [0.1, 0.15) is 42.6 Å². The van der Waals surface area contributed by atoms with Crippen LogP contribution in [0.25, 0.3) is 0 Å². The number of ether oxygens (including phenoxy) is 4. The molecule has 2 aromatic rings. The van der Waals surface area contributed by atoms with Gasteiger partial charge in [0.2, 0.25) is 0 Å². The van der Waals surface area contributed by atoms with Gasteiger partial charge in [0.1, 0.15) is 0 Å². The Hall–Kier alpha value is -3.22. The molecule has 2 heterocycles. The number of hydrazone groups is 1. The molecule has 5 rings (SSSR count). The Morgan fingerprint density at radius 1 is 0.871 bits per heavy atom. The van der Waals surface area contributed by atoms with Crippen LogP contribution in [0.2, 0.25) is 0 Å². The zero-order valence-corrected chi connectivity index (χ0v) is 17.8. The van der Waals surface area contributed by atoms with E-state index in [2.05, 4.69) is 24.4 Å². The van der Waals surface area contributed by atoms with Crippen LogP contribution in [0.15, 0.2) is 41.5 Å². The minimum atomic E-state index is -0.316. The summed E-state index contributed by atoms with van der Waals surface area (Å²) >= 11 is 0. The molecule has 0 bridgehead atoms. The third kappa shape index (κ3) is 4.31. The lowest BCUT2D eigenvalue weighted by molar-refractivity contribution is 0.0954. The van der Waals surface area contributed by atoms with Crippen molar-refractivity contribution in [2.24, 2.45) is 15.9 Å². The first-order valence-electron chi connectivity index (χ1n) is 10.5. The first kappa shape index (κ1) is 19.7. The van der Waals surface area contributed by atoms with Crippen LogP contribution in [0, 0.1) is 10.8 Å². The van der Waals surface area contributed by atoms with Crippen molar-refractivity contribution in [1.29, 1.82) is 0 Å². The molecular formula is C24H26N2O5. The summed E-state index contributed by atoms with van der Waals surface area (Å²) in [6.07, 6.45) is 3.83. The predicted octanol–water partition coefficient (Wildman–Crippen LogP) is 3.80. The summed E-state index contributed by atoms with van der Waals surface area (Å²) < 4.78 is 23.5. The van der Waals surface area contributed by atoms with Crippen LogP contribution in [0.4, 0.5) is 0 Å². The molecule has 1 spiro atoms. The van der Waals surface area contributed by atoms with E-state index in [-0.39, 0.29) is 16.7 Å². The molecule has 7 heteroatoms. The fraction of sp³-hybridized carbons (Fsp3) is 0.417. The molecule has 0 radical (unpaired) electrons. The smallest absolute Gasteiger partial charge is 0.271 e. The molecule has 0 atom stereocenters. The van der Waals surface area contributed by atoms with Crippen LogP contribution in [0.5, 0.6) is 23.0 Å². The summed E-state index contributed by atoms with van der Waals surface area (Å²) in [6, 6.07) is 10.8. The fourth-order valence-electron chi connectivity index (χ4n) is 3.51. The number of hydrogen-bond donors (Lipinski definition) is 1. The van der Waals surface area contributed by atoms with Gasteiger partial charge in [-0.3, -0.25) is 4.79 Å². The molecule has 1 N–H and O–H groups in total. The minimum Gasteiger partial charge on any atom is -0.489 e. The monoisotopic (exact) mass is 422 g/mol. The van der Waals surface area contributed by atoms with Gasteiger partial charge in [-0.25, -0.2) is 5.43 Å². The van der Waals surface area contributed by atoms with Gasteiger partial charge in [0, 0.05) is 16.4 Å². The van der Waals surface area contributed by atoms with E-state index in [4.69, 9.17) is 18.9 Å². The Morgan fingerprint density at radius 2 is 1.48 bits per heavy atom.